The molecule has 0 aliphatic rings. The number of rotatable bonds is 9. The summed E-state index contributed by atoms with van der Waals surface area (Å²) < 4.78 is 51.5. The van der Waals surface area contributed by atoms with E-state index in [1.54, 1.807) is 6.92 Å². The molecule has 0 aliphatic carbocycles. The minimum Gasteiger partial charge on any atom is -0.304 e. The lowest BCUT2D eigenvalue weighted by Gasteiger charge is -2.30. The Hall–Kier alpha value is -1.74. The summed E-state index contributed by atoms with van der Waals surface area (Å²) in [5.74, 6) is -0.0309. The number of nitrogens with one attached hydrogen (secondary N) is 2. The molecule has 1 unspecified atom stereocenters. The van der Waals surface area contributed by atoms with Crippen LogP contribution in [0.5, 0.6) is 0 Å². The predicted molar refractivity (Wildman–Crippen MR) is 111 cm³/mol. The average Bonchev–Trinajstić information content (AvgIpc) is 2.67. The summed E-state index contributed by atoms with van der Waals surface area (Å²) in [5, 5.41) is 3.43. The molecule has 0 heterocycles. The molecule has 2 N–H and O–H groups in total. The van der Waals surface area contributed by atoms with Crippen LogP contribution < -0.4 is 10.0 Å². The van der Waals surface area contributed by atoms with Gasteiger partial charge in [-0.25, -0.2) is 21.6 Å². The largest absolute Gasteiger partial charge is 0.304 e. The molecule has 2 rings (SSSR count). The number of hydrogen-bond donors (Lipinski definition) is 2. The third kappa shape index (κ3) is 5.88. The van der Waals surface area contributed by atoms with Crippen molar-refractivity contribution < 1.29 is 16.8 Å². The number of sulfone groups is 1. The van der Waals surface area contributed by atoms with Crippen LogP contribution in [0.2, 0.25) is 0 Å². The molecule has 0 bridgehead atoms. The topological polar surface area (TPSA) is 92.3 Å². The number of sulfonamides is 1. The smallest absolute Gasteiger partial charge is 0.240 e. The highest BCUT2D eigenvalue weighted by molar-refractivity contribution is 7.91. The fourth-order valence-corrected chi connectivity index (χ4v) is 4.91. The summed E-state index contributed by atoms with van der Waals surface area (Å²) >= 11 is 0. The Morgan fingerprint density at radius 1 is 0.893 bits per heavy atom. The quantitative estimate of drug-likeness (QED) is 0.646. The lowest BCUT2D eigenvalue weighted by atomic mass is 10.0. The van der Waals surface area contributed by atoms with E-state index in [1.165, 1.54) is 24.3 Å². The predicted octanol–water partition coefficient (Wildman–Crippen LogP) is 2.89. The van der Waals surface area contributed by atoms with Crippen LogP contribution in [-0.4, -0.2) is 34.7 Å². The Balaban J connectivity index is 2.05. The highest BCUT2D eigenvalue weighted by atomic mass is 32.2. The third-order valence-electron chi connectivity index (χ3n) is 4.48. The van der Waals surface area contributed by atoms with Crippen molar-refractivity contribution >= 4 is 19.9 Å². The van der Waals surface area contributed by atoms with Crippen molar-refractivity contribution in [2.45, 2.75) is 49.1 Å². The maximum atomic E-state index is 12.6. The van der Waals surface area contributed by atoms with E-state index in [0.29, 0.717) is 0 Å². The normalized spacial score (nSPS) is 14.0. The first kappa shape index (κ1) is 22.5. The van der Waals surface area contributed by atoms with Crippen molar-refractivity contribution in [3.8, 4) is 0 Å². The molecule has 1 atom stereocenters. The zero-order valence-electron chi connectivity index (χ0n) is 16.6. The minimum atomic E-state index is -3.75. The van der Waals surface area contributed by atoms with Crippen LogP contribution in [0.1, 0.15) is 39.3 Å². The highest BCUT2D eigenvalue weighted by Gasteiger charge is 2.24. The second-order valence-corrected chi connectivity index (χ2v) is 11.4. The molecule has 2 aromatic carbocycles. The first-order chi connectivity index (χ1) is 13.0. The molecule has 8 heteroatoms. The molecule has 0 aromatic heterocycles. The van der Waals surface area contributed by atoms with Gasteiger partial charge in [-0.15, -0.1) is 0 Å². The number of benzene rings is 2. The SMILES string of the molecule is CCS(=O)(=O)c1ccc(S(=O)(=O)NCC(C)(C)NC(C)c2ccccc2)cc1. The molecular weight excluding hydrogens is 396 g/mol. The van der Waals surface area contributed by atoms with E-state index in [0.717, 1.165) is 5.56 Å². The van der Waals surface area contributed by atoms with Gasteiger partial charge >= 0.3 is 0 Å². The summed E-state index contributed by atoms with van der Waals surface area (Å²) in [6, 6.07) is 15.3. The first-order valence-corrected chi connectivity index (χ1v) is 12.3. The molecule has 0 spiro atoms. The Bertz CT molecular complexity index is 984. The molecule has 0 aliphatic heterocycles. The molecule has 0 radical (unpaired) electrons. The Morgan fingerprint density at radius 3 is 1.96 bits per heavy atom. The summed E-state index contributed by atoms with van der Waals surface area (Å²) in [6.07, 6.45) is 0. The van der Waals surface area contributed by atoms with Crippen LogP contribution in [0.25, 0.3) is 0 Å². The van der Waals surface area contributed by atoms with Crippen molar-refractivity contribution in [3.05, 3.63) is 60.2 Å². The zero-order chi connectivity index (χ0) is 21.0. The third-order valence-corrected chi connectivity index (χ3v) is 7.65. The molecule has 0 saturated heterocycles. The van der Waals surface area contributed by atoms with Gasteiger partial charge in [0.05, 0.1) is 15.5 Å². The van der Waals surface area contributed by atoms with E-state index in [2.05, 4.69) is 10.0 Å². The molecular formula is C20H28N2O4S2. The van der Waals surface area contributed by atoms with Crippen molar-refractivity contribution in [1.82, 2.24) is 10.0 Å². The van der Waals surface area contributed by atoms with E-state index < -0.39 is 25.4 Å². The minimum absolute atomic E-state index is 0.0309. The van der Waals surface area contributed by atoms with Gasteiger partial charge in [0, 0.05) is 18.1 Å². The number of hydrogen-bond acceptors (Lipinski definition) is 5. The van der Waals surface area contributed by atoms with Crippen molar-refractivity contribution in [2.24, 2.45) is 0 Å². The zero-order valence-corrected chi connectivity index (χ0v) is 18.3. The molecule has 154 valence electrons. The van der Waals surface area contributed by atoms with E-state index in [4.69, 9.17) is 0 Å². The van der Waals surface area contributed by atoms with Crippen molar-refractivity contribution in [3.63, 3.8) is 0 Å². The van der Waals surface area contributed by atoms with Crippen LogP contribution in [-0.2, 0) is 19.9 Å². The summed E-state index contributed by atoms with van der Waals surface area (Å²) in [7, 11) is -7.11. The summed E-state index contributed by atoms with van der Waals surface area (Å²) in [4.78, 5) is 0.155. The molecule has 0 fully saturated rings. The van der Waals surface area contributed by atoms with Gasteiger partial charge < -0.3 is 5.32 Å². The molecule has 28 heavy (non-hydrogen) atoms. The van der Waals surface area contributed by atoms with Crippen LogP contribution in [0, 0.1) is 0 Å². The van der Waals surface area contributed by atoms with Crippen molar-refractivity contribution in [2.75, 3.05) is 12.3 Å². The van der Waals surface area contributed by atoms with Crippen LogP contribution >= 0.6 is 0 Å². The lowest BCUT2D eigenvalue weighted by molar-refractivity contribution is 0.346. The Morgan fingerprint density at radius 2 is 1.43 bits per heavy atom. The van der Waals surface area contributed by atoms with E-state index >= 15 is 0 Å². The fraction of sp³-hybridized carbons (Fsp3) is 0.400. The van der Waals surface area contributed by atoms with Gasteiger partial charge in [-0.2, -0.15) is 0 Å². The van der Waals surface area contributed by atoms with Crippen LogP contribution in [0.4, 0.5) is 0 Å². The van der Waals surface area contributed by atoms with Gasteiger partial charge in [0.15, 0.2) is 9.84 Å². The summed E-state index contributed by atoms with van der Waals surface area (Å²) in [5.41, 5.74) is 0.625. The first-order valence-electron chi connectivity index (χ1n) is 9.12. The standard InChI is InChI=1S/C20H28N2O4S2/c1-5-27(23,24)18-11-13-19(14-12-18)28(25,26)21-15-20(3,4)22-16(2)17-9-7-6-8-10-17/h6-14,16,21-22H,5,15H2,1-4H3. The van der Waals surface area contributed by atoms with Gasteiger partial charge in [-0.05, 0) is 50.6 Å². The Labute approximate surface area is 168 Å². The van der Waals surface area contributed by atoms with E-state index in [1.807, 2.05) is 51.1 Å². The lowest BCUT2D eigenvalue weighted by Crippen LogP contribution is -2.49. The molecule has 0 amide bonds. The monoisotopic (exact) mass is 424 g/mol. The highest BCUT2D eigenvalue weighted by Crippen LogP contribution is 2.18. The molecule has 6 nitrogen and oxygen atoms in total. The Kier molecular flexibility index (Phi) is 7.03. The van der Waals surface area contributed by atoms with Crippen molar-refractivity contribution in [1.29, 1.82) is 0 Å². The summed E-state index contributed by atoms with van der Waals surface area (Å²) in [6.45, 7) is 7.60. The van der Waals surface area contributed by atoms with E-state index in [-0.39, 0.29) is 28.1 Å². The van der Waals surface area contributed by atoms with Crippen LogP contribution in [0.15, 0.2) is 64.4 Å². The molecule has 2 aromatic rings. The van der Waals surface area contributed by atoms with Gasteiger partial charge in [0.1, 0.15) is 0 Å². The van der Waals surface area contributed by atoms with E-state index in [9.17, 15) is 16.8 Å². The molecule has 0 saturated carbocycles. The van der Waals surface area contributed by atoms with Gasteiger partial charge in [0.2, 0.25) is 10.0 Å². The van der Waals surface area contributed by atoms with Gasteiger partial charge in [-0.3, -0.25) is 0 Å². The van der Waals surface area contributed by atoms with Crippen LogP contribution in [0.3, 0.4) is 0 Å². The van der Waals surface area contributed by atoms with Gasteiger partial charge in [0.25, 0.3) is 0 Å². The fourth-order valence-electron chi connectivity index (χ4n) is 2.81. The maximum Gasteiger partial charge on any atom is 0.240 e. The maximum absolute atomic E-state index is 12.6. The second kappa shape index (κ2) is 8.73. The average molecular weight is 425 g/mol. The van der Waals surface area contributed by atoms with Gasteiger partial charge in [-0.1, -0.05) is 37.3 Å². The second-order valence-electron chi connectivity index (χ2n) is 7.36.